The quantitative estimate of drug-likeness (QED) is 0.0146. The number of unbranched alkanes of at least 4 members (excludes halogenated alkanes) is 14. The molecule has 0 aromatic rings. The van der Waals surface area contributed by atoms with Gasteiger partial charge >= 0.3 is 33.6 Å². The van der Waals surface area contributed by atoms with E-state index in [1.54, 1.807) is 0 Å². The summed E-state index contributed by atoms with van der Waals surface area (Å²) in [5.74, 6) is -1.66. The third-order valence-corrected chi connectivity index (χ3v) is 16.7. The summed E-state index contributed by atoms with van der Waals surface area (Å²) in [4.78, 5) is 58.7. The average Bonchev–Trinajstić information content (AvgIpc) is 0.951. The molecule has 0 rings (SSSR count). The lowest BCUT2D eigenvalue weighted by atomic mass is 10.1. The molecule has 5 unspecified atom stereocenters. The van der Waals surface area contributed by atoms with Gasteiger partial charge in [-0.2, -0.15) is 0 Å². The first-order valence-electron chi connectivity index (χ1n) is 37.7. The summed E-state index contributed by atoms with van der Waals surface area (Å²) in [5.41, 5.74) is 0. The van der Waals surface area contributed by atoms with Crippen LogP contribution in [0.5, 0.6) is 0 Å². The molecule has 0 spiro atoms. The van der Waals surface area contributed by atoms with E-state index in [1.807, 2.05) is 0 Å². The van der Waals surface area contributed by atoms with Gasteiger partial charge in [-0.05, 0) is 161 Å². The lowest BCUT2D eigenvalue weighted by molar-refractivity contribution is -0.161. The van der Waals surface area contributed by atoms with Gasteiger partial charge in [0.25, 0.3) is 0 Å². The van der Waals surface area contributed by atoms with Crippen molar-refractivity contribution in [3.05, 3.63) is 194 Å². The van der Waals surface area contributed by atoms with Crippen molar-refractivity contribution in [3.8, 4) is 0 Å². The van der Waals surface area contributed by atoms with Crippen LogP contribution in [0, 0.1) is 0 Å². The highest BCUT2D eigenvalue weighted by atomic mass is 31.2. The molecule has 0 aromatic carbocycles. The number of hydrogen-bond donors (Lipinski definition) is 4. The highest BCUT2D eigenvalue weighted by molar-refractivity contribution is 7.47. The van der Waals surface area contributed by atoms with E-state index in [9.17, 15) is 43.5 Å². The molecule has 0 amide bonds. The van der Waals surface area contributed by atoms with E-state index in [4.69, 9.17) is 32.3 Å². The Morgan fingerprint density at radius 1 is 0.277 bits per heavy atom. The van der Waals surface area contributed by atoms with Gasteiger partial charge in [-0.25, -0.2) is 9.13 Å². The van der Waals surface area contributed by atoms with Gasteiger partial charge in [-0.15, -0.1) is 0 Å². The Morgan fingerprint density at radius 2 is 0.495 bits per heavy atom. The number of allylic oxidation sites excluding steroid dienone is 32. The summed E-state index contributed by atoms with van der Waals surface area (Å²) >= 11 is 0. The van der Waals surface area contributed by atoms with Gasteiger partial charge in [0.05, 0.1) is 26.4 Å². The third kappa shape index (κ3) is 75.4. The van der Waals surface area contributed by atoms with Gasteiger partial charge in [-0.3, -0.25) is 32.5 Å². The zero-order valence-corrected chi connectivity index (χ0v) is 63.8. The van der Waals surface area contributed by atoms with Crippen LogP contribution in [0.3, 0.4) is 0 Å². The first kappa shape index (κ1) is 95.4. The molecule has 0 fully saturated rings. The van der Waals surface area contributed by atoms with Crippen molar-refractivity contribution in [2.75, 3.05) is 39.6 Å². The number of phosphoric ester groups is 2. The molecular formula is C83H132O16P2. The van der Waals surface area contributed by atoms with Gasteiger partial charge in [0.1, 0.15) is 25.4 Å². The van der Waals surface area contributed by atoms with Crippen molar-refractivity contribution >= 4 is 33.6 Å². The van der Waals surface area contributed by atoms with Crippen molar-refractivity contribution in [2.24, 2.45) is 0 Å². The number of ether oxygens (including phenoxy) is 3. The number of esters is 3. The Balaban J connectivity index is 4.80. The maximum absolute atomic E-state index is 13.0. The van der Waals surface area contributed by atoms with Crippen molar-refractivity contribution < 1.29 is 75.8 Å². The topological polar surface area (TPSA) is 231 Å². The fraction of sp³-hybridized carbons (Fsp3) is 0.578. The predicted octanol–water partition coefficient (Wildman–Crippen LogP) is 22.0. The fourth-order valence-corrected chi connectivity index (χ4v) is 10.7. The molecule has 0 radical (unpaired) electrons. The van der Waals surface area contributed by atoms with Crippen LogP contribution in [0.25, 0.3) is 0 Å². The molecule has 0 aliphatic heterocycles. The smallest absolute Gasteiger partial charge is 0.463 e. The Labute approximate surface area is 610 Å². The summed E-state index contributed by atoms with van der Waals surface area (Å²) in [6.45, 7) is 2.23. The van der Waals surface area contributed by atoms with Crippen LogP contribution >= 0.6 is 15.6 Å². The number of phosphoric acid groups is 2. The summed E-state index contributed by atoms with van der Waals surface area (Å²) < 4.78 is 61.1. The predicted molar refractivity (Wildman–Crippen MR) is 417 cm³/mol. The molecule has 0 saturated carbocycles. The SMILES string of the molecule is CC/C=C\C/C=C\C/C=C\C/C=C\C/C=C\C/C=C\CCCCCCC(=O)OCC(O)COP(=O)(O)OCC(O)COP(=O)(O)OCC(COC(=O)CCCCCCC/C=C\C/C=C\C/C=C\C/C=C\C/C=C\CC)OC(=O)CCCCCCC/C=C\C/C=C\C/C=C\C/C=C\C/C=C\CC. The van der Waals surface area contributed by atoms with Crippen LogP contribution in [-0.4, -0.2) is 95.9 Å². The second-order valence-corrected chi connectivity index (χ2v) is 27.2. The largest absolute Gasteiger partial charge is 0.472 e. The summed E-state index contributed by atoms with van der Waals surface area (Å²) in [5, 5.41) is 20.6. The zero-order valence-electron chi connectivity index (χ0n) is 62.0. The summed E-state index contributed by atoms with van der Waals surface area (Å²) in [6, 6.07) is 0. The molecule has 101 heavy (non-hydrogen) atoms. The molecule has 0 bridgehead atoms. The Bertz CT molecular complexity index is 2620. The van der Waals surface area contributed by atoms with E-state index in [0.29, 0.717) is 19.3 Å². The standard InChI is InChI=1S/C83H132O16P2/c1-4-7-10-13-16-19-22-25-28-31-34-37-38-41-43-45-48-51-54-57-60-63-66-69-81(86)93-72-78(84)73-95-100(89,90)96-74-79(85)75-97-101(91,92)98-77-80(99-83(88)71-68-65-62-59-56-53-50-47-44-40-36-33-30-27-24-21-18-15-12-9-6-3)76-94-82(87)70-67-64-61-58-55-52-49-46-42-39-35-32-29-26-23-20-17-14-11-8-5-2/h7-12,16-21,25-30,34-37,39-41,43,46-51,78-80,84-85H,4-6,13-15,22-24,31-33,38,42,44-45,52-77H2,1-3H3,(H,89,90)(H,91,92)/b10-7-,11-8-,12-9-,19-16-,20-17-,21-18-,28-25-,29-26-,30-27-,37-34-,39-35-,40-36-,43-41-,49-46-,50-47-,51-48-. The lowest BCUT2D eigenvalue weighted by Gasteiger charge is -2.21. The molecule has 18 heteroatoms. The van der Waals surface area contributed by atoms with Crippen molar-refractivity contribution in [2.45, 2.75) is 270 Å². The van der Waals surface area contributed by atoms with Crippen LogP contribution in [0.4, 0.5) is 0 Å². The highest BCUT2D eigenvalue weighted by Gasteiger charge is 2.29. The number of aliphatic hydroxyl groups is 2. The van der Waals surface area contributed by atoms with Crippen molar-refractivity contribution in [1.29, 1.82) is 0 Å². The monoisotopic (exact) mass is 1450 g/mol. The van der Waals surface area contributed by atoms with E-state index < -0.39 is 91.5 Å². The van der Waals surface area contributed by atoms with E-state index in [0.717, 1.165) is 193 Å². The third-order valence-electron chi connectivity index (χ3n) is 14.8. The number of carbonyl (C=O) groups excluding carboxylic acids is 3. The molecule has 0 aliphatic rings. The second kappa shape index (κ2) is 74.1. The van der Waals surface area contributed by atoms with Gasteiger partial charge in [0, 0.05) is 19.3 Å². The van der Waals surface area contributed by atoms with E-state index in [1.165, 1.54) is 0 Å². The van der Waals surface area contributed by atoms with E-state index >= 15 is 0 Å². The van der Waals surface area contributed by atoms with Crippen LogP contribution in [0.2, 0.25) is 0 Å². The van der Waals surface area contributed by atoms with Crippen LogP contribution in [0.1, 0.15) is 252 Å². The Hall–Kier alpha value is -5.61. The molecule has 570 valence electrons. The first-order chi connectivity index (χ1) is 49.2. The van der Waals surface area contributed by atoms with Gasteiger partial charge < -0.3 is 34.2 Å². The Morgan fingerprint density at radius 3 is 0.782 bits per heavy atom. The molecule has 0 heterocycles. The first-order valence-corrected chi connectivity index (χ1v) is 40.7. The molecular weight excluding hydrogens is 1310 g/mol. The van der Waals surface area contributed by atoms with E-state index in [2.05, 4.69) is 215 Å². The van der Waals surface area contributed by atoms with Crippen LogP contribution < -0.4 is 0 Å². The normalized spacial score (nSPS) is 15.1. The summed E-state index contributed by atoms with van der Waals surface area (Å²) in [7, 11) is -9.83. The molecule has 0 saturated heterocycles. The van der Waals surface area contributed by atoms with Gasteiger partial charge in [0.15, 0.2) is 6.10 Å². The minimum Gasteiger partial charge on any atom is -0.463 e. The molecule has 0 aromatic heterocycles. The van der Waals surface area contributed by atoms with E-state index in [-0.39, 0.29) is 19.3 Å². The molecule has 0 aliphatic carbocycles. The molecule has 16 nitrogen and oxygen atoms in total. The minimum absolute atomic E-state index is 0.0682. The second-order valence-electron chi connectivity index (χ2n) is 24.3. The highest BCUT2D eigenvalue weighted by Crippen LogP contribution is 2.45. The summed E-state index contributed by atoms with van der Waals surface area (Å²) in [6.07, 6.45) is 96.0. The number of carbonyl (C=O) groups is 3. The fourth-order valence-electron chi connectivity index (χ4n) is 9.15. The zero-order chi connectivity index (χ0) is 73.7. The molecule has 5 atom stereocenters. The minimum atomic E-state index is -4.95. The number of rotatable bonds is 69. The average molecular weight is 1450 g/mol. The maximum atomic E-state index is 13.0. The maximum Gasteiger partial charge on any atom is 0.472 e. The number of aliphatic hydroxyl groups excluding tert-OH is 2. The van der Waals surface area contributed by atoms with Crippen molar-refractivity contribution in [1.82, 2.24) is 0 Å². The van der Waals surface area contributed by atoms with Crippen molar-refractivity contribution in [3.63, 3.8) is 0 Å². The number of hydrogen-bond acceptors (Lipinski definition) is 14. The van der Waals surface area contributed by atoms with Crippen LogP contribution in [-0.2, 0) is 55.8 Å². The van der Waals surface area contributed by atoms with Gasteiger partial charge in [0.2, 0.25) is 0 Å². The van der Waals surface area contributed by atoms with Crippen LogP contribution in [0.15, 0.2) is 194 Å². The molecule has 4 N–H and O–H groups in total. The lowest BCUT2D eigenvalue weighted by Crippen LogP contribution is -2.30. The Kier molecular flexibility index (Phi) is 70.0. The van der Waals surface area contributed by atoms with Gasteiger partial charge in [-0.1, -0.05) is 267 Å².